The predicted octanol–water partition coefficient (Wildman–Crippen LogP) is 4.61. The van der Waals surface area contributed by atoms with E-state index in [0.29, 0.717) is 18.1 Å². The number of furan rings is 1. The second-order valence-electron chi connectivity index (χ2n) is 7.05. The van der Waals surface area contributed by atoms with E-state index in [-0.39, 0.29) is 11.1 Å². The first-order valence-corrected chi connectivity index (χ1v) is 9.86. The van der Waals surface area contributed by atoms with Crippen LogP contribution in [0.15, 0.2) is 70.7 Å². The molecule has 1 amide bonds. The van der Waals surface area contributed by atoms with Crippen molar-refractivity contribution < 1.29 is 19.1 Å². The third-order valence-electron chi connectivity index (χ3n) is 4.79. The van der Waals surface area contributed by atoms with Crippen molar-refractivity contribution >= 4 is 18.0 Å². The monoisotopic (exact) mass is 414 g/mol. The maximum atomic E-state index is 12.3. The van der Waals surface area contributed by atoms with Crippen LogP contribution in [0.1, 0.15) is 33.7 Å². The van der Waals surface area contributed by atoms with Gasteiger partial charge in [0.1, 0.15) is 23.2 Å². The lowest BCUT2D eigenvalue weighted by Crippen LogP contribution is -2.25. The number of aromatic carboxylic acids is 1. The molecule has 0 aliphatic carbocycles. The summed E-state index contributed by atoms with van der Waals surface area (Å²) in [5.41, 5.74) is 2.85. The fraction of sp³-hybridized carbons (Fsp3) is 0.160. The number of carbonyl (C=O) groups excluding carboxylic acids is 1. The van der Waals surface area contributed by atoms with Gasteiger partial charge in [-0.3, -0.25) is 4.79 Å². The van der Waals surface area contributed by atoms with Crippen LogP contribution in [0.4, 0.5) is 0 Å². The Morgan fingerprint density at radius 2 is 1.90 bits per heavy atom. The first-order chi connectivity index (χ1) is 15.0. The van der Waals surface area contributed by atoms with Crippen LogP contribution in [0.5, 0.6) is 0 Å². The highest BCUT2D eigenvalue weighted by atomic mass is 16.4. The molecule has 0 radical (unpaired) electrons. The van der Waals surface area contributed by atoms with Crippen molar-refractivity contribution in [1.29, 1.82) is 5.26 Å². The van der Waals surface area contributed by atoms with Crippen molar-refractivity contribution in [3.05, 3.63) is 88.7 Å². The Labute approximate surface area is 180 Å². The Hall–Kier alpha value is -4.11. The lowest BCUT2D eigenvalue weighted by atomic mass is 10.0. The van der Waals surface area contributed by atoms with Gasteiger partial charge in [-0.1, -0.05) is 36.4 Å². The summed E-state index contributed by atoms with van der Waals surface area (Å²) in [4.78, 5) is 23.4. The molecule has 1 aromatic heterocycles. The molecule has 31 heavy (non-hydrogen) atoms. The summed E-state index contributed by atoms with van der Waals surface area (Å²) in [5, 5.41) is 21.2. The van der Waals surface area contributed by atoms with Crippen LogP contribution in [0.3, 0.4) is 0 Å². The average molecular weight is 414 g/mol. The van der Waals surface area contributed by atoms with Crippen LogP contribution in [-0.2, 0) is 11.2 Å². The van der Waals surface area contributed by atoms with E-state index in [9.17, 15) is 14.9 Å². The van der Waals surface area contributed by atoms with Gasteiger partial charge in [0.25, 0.3) is 5.91 Å². The average Bonchev–Trinajstić information content (AvgIpc) is 3.23. The second kappa shape index (κ2) is 10.1. The third kappa shape index (κ3) is 5.71. The van der Waals surface area contributed by atoms with Gasteiger partial charge in [0.05, 0.1) is 5.56 Å². The van der Waals surface area contributed by atoms with E-state index in [4.69, 9.17) is 9.52 Å². The van der Waals surface area contributed by atoms with Crippen molar-refractivity contribution in [3.63, 3.8) is 0 Å². The van der Waals surface area contributed by atoms with Crippen molar-refractivity contribution in [1.82, 2.24) is 5.32 Å². The maximum Gasteiger partial charge on any atom is 0.335 e. The van der Waals surface area contributed by atoms with Crippen molar-refractivity contribution in [3.8, 4) is 17.4 Å². The first-order valence-electron chi connectivity index (χ1n) is 9.86. The molecule has 156 valence electrons. The molecule has 3 aromatic rings. The fourth-order valence-electron chi connectivity index (χ4n) is 3.17. The number of benzene rings is 2. The number of amides is 1. The van der Waals surface area contributed by atoms with Gasteiger partial charge in [0.2, 0.25) is 0 Å². The molecular formula is C25H22N2O4. The number of hydrogen-bond acceptors (Lipinski definition) is 4. The van der Waals surface area contributed by atoms with Gasteiger partial charge in [-0.05, 0) is 55.2 Å². The van der Waals surface area contributed by atoms with E-state index in [1.807, 2.05) is 36.4 Å². The Balaban J connectivity index is 1.63. The van der Waals surface area contributed by atoms with Crippen molar-refractivity contribution in [2.75, 3.05) is 6.54 Å². The normalized spacial score (nSPS) is 11.0. The van der Waals surface area contributed by atoms with Gasteiger partial charge in [0.15, 0.2) is 0 Å². The molecule has 0 saturated carbocycles. The van der Waals surface area contributed by atoms with Gasteiger partial charge in [-0.15, -0.1) is 0 Å². The van der Waals surface area contributed by atoms with Crippen LogP contribution in [0, 0.1) is 18.3 Å². The van der Waals surface area contributed by atoms with E-state index >= 15 is 0 Å². The standard InChI is InChI=1S/C25H22N2O4/c1-17-14-19(25(29)30)9-11-22(17)23-12-10-21(31-23)15-20(16-26)24(28)27-13-5-8-18-6-3-2-4-7-18/h2-4,6-7,9-12,14-15H,5,8,13H2,1H3,(H,27,28)(H,29,30)/b20-15-. The molecular weight excluding hydrogens is 392 g/mol. The molecule has 0 atom stereocenters. The van der Waals surface area contributed by atoms with Crippen molar-refractivity contribution in [2.45, 2.75) is 19.8 Å². The van der Waals surface area contributed by atoms with Gasteiger partial charge in [-0.2, -0.15) is 5.26 Å². The summed E-state index contributed by atoms with van der Waals surface area (Å²) in [7, 11) is 0. The molecule has 0 unspecified atom stereocenters. The third-order valence-corrected chi connectivity index (χ3v) is 4.79. The topological polar surface area (TPSA) is 103 Å². The Bertz CT molecular complexity index is 1150. The molecule has 6 heteroatoms. The maximum absolute atomic E-state index is 12.3. The van der Waals surface area contributed by atoms with Gasteiger partial charge >= 0.3 is 5.97 Å². The molecule has 0 fully saturated rings. The highest BCUT2D eigenvalue weighted by Crippen LogP contribution is 2.27. The number of aryl methyl sites for hydroxylation is 2. The summed E-state index contributed by atoms with van der Waals surface area (Å²) in [5.74, 6) is -0.546. The molecule has 1 heterocycles. The number of carbonyl (C=O) groups is 2. The Morgan fingerprint density at radius 1 is 1.13 bits per heavy atom. The fourth-order valence-corrected chi connectivity index (χ4v) is 3.17. The molecule has 0 bridgehead atoms. The second-order valence-corrected chi connectivity index (χ2v) is 7.05. The number of nitrogens with zero attached hydrogens (tertiary/aromatic N) is 1. The minimum Gasteiger partial charge on any atom is -0.478 e. The van der Waals surface area contributed by atoms with E-state index < -0.39 is 11.9 Å². The highest BCUT2D eigenvalue weighted by molar-refractivity contribution is 6.01. The zero-order chi connectivity index (χ0) is 22.2. The van der Waals surface area contributed by atoms with Crippen LogP contribution < -0.4 is 5.32 Å². The number of hydrogen-bond donors (Lipinski definition) is 2. The molecule has 0 saturated heterocycles. The summed E-state index contributed by atoms with van der Waals surface area (Å²) < 4.78 is 5.76. The summed E-state index contributed by atoms with van der Waals surface area (Å²) in [6.07, 6.45) is 3.01. The smallest absolute Gasteiger partial charge is 0.335 e. The zero-order valence-corrected chi connectivity index (χ0v) is 17.1. The van der Waals surface area contributed by atoms with Gasteiger partial charge in [0, 0.05) is 18.2 Å². The minimum absolute atomic E-state index is 0.0430. The predicted molar refractivity (Wildman–Crippen MR) is 117 cm³/mol. The summed E-state index contributed by atoms with van der Waals surface area (Å²) in [6.45, 7) is 2.26. The largest absolute Gasteiger partial charge is 0.478 e. The molecule has 0 aliphatic rings. The number of nitrogens with one attached hydrogen (secondary N) is 1. The molecule has 0 aliphatic heterocycles. The molecule has 2 N–H and O–H groups in total. The van der Waals surface area contributed by atoms with E-state index in [2.05, 4.69) is 5.32 Å². The van der Waals surface area contributed by atoms with Crippen LogP contribution in [0.2, 0.25) is 0 Å². The molecule has 6 nitrogen and oxygen atoms in total. The highest BCUT2D eigenvalue weighted by Gasteiger charge is 2.13. The van der Waals surface area contributed by atoms with Crippen LogP contribution in [-0.4, -0.2) is 23.5 Å². The van der Waals surface area contributed by atoms with Gasteiger partial charge in [-0.25, -0.2) is 4.79 Å². The quantitative estimate of drug-likeness (QED) is 0.318. The molecule has 3 rings (SSSR count). The zero-order valence-electron chi connectivity index (χ0n) is 17.1. The van der Waals surface area contributed by atoms with Crippen LogP contribution >= 0.6 is 0 Å². The molecule has 0 spiro atoms. The number of nitriles is 1. The number of rotatable bonds is 8. The molecule has 2 aromatic carbocycles. The van der Waals surface area contributed by atoms with E-state index in [1.165, 1.54) is 17.7 Å². The summed E-state index contributed by atoms with van der Waals surface area (Å²) in [6, 6.07) is 20.0. The van der Waals surface area contributed by atoms with Crippen LogP contribution in [0.25, 0.3) is 17.4 Å². The Kier molecular flexibility index (Phi) is 7.02. The SMILES string of the molecule is Cc1cc(C(=O)O)ccc1-c1ccc(/C=C(/C#N)C(=O)NCCCc2ccccc2)o1. The Morgan fingerprint density at radius 3 is 2.58 bits per heavy atom. The van der Waals surface area contributed by atoms with Gasteiger partial charge < -0.3 is 14.8 Å². The first kappa shape index (κ1) is 21.6. The van der Waals surface area contributed by atoms with Crippen molar-refractivity contribution in [2.24, 2.45) is 0 Å². The number of carboxylic acid groups (broad SMARTS) is 1. The minimum atomic E-state index is -0.994. The number of carboxylic acids is 1. The lowest BCUT2D eigenvalue weighted by molar-refractivity contribution is -0.117. The summed E-state index contributed by atoms with van der Waals surface area (Å²) >= 11 is 0. The van der Waals surface area contributed by atoms with E-state index in [1.54, 1.807) is 31.2 Å². The van der Waals surface area contributed by atoms with E-state index in [0.717, 1.165) is 24.0 Å². The lowest BCUT2D eigenvalue weighted by Gasteiger charge is -2.05.